The van der Waals surface area contributed by atoms with Gasteiger partial charge in [0.25, 0.3) is 0 Å². The Balaban J connectivity index is 1.65. The Morgan fingerprint density at radius 2 is 1.82 bits per heavy atom. The molecule has 8 heteroatoms. The fourth-order valence-corrected chi connectivity index (χ4v) is 6.11. The highest BCUT2D eigenvalue weighted by Gasteiger charge is 2.46. The van der Waals surface area contributed by atoms with E-state index < -0.39 is 6.09 Å². The number of nitrogens with two attached hydrogens (primary N) is 1. The number of amides is 2. The number of hydrogen-bond donors (Lipinski definition) is 3. The minimum Gasteiger partial charge on any atom is -0.450 e. The first-order valence-corrected chi connectivity index (χ1v) is 13.4. The molecule has 2 aliphatic carbocycles. The smallest absolute Gasteiger partial charge is 0.407 e. The molecule has 3 aliphatic rings. The van der Waals surface area contributed by atoms with Crippen LogP contribution in [0.15, 0.2) is 0 Å². The van der Waals surface area contributed by atoms with Crippen LogP contribution < -0.4 is 16.4 Å². The SMILES string of the molecule is CCCOC(=O)N[C@H](C(=S)N1CCC[C@H]1C(=O)NCC1CCC(N)CC1)C(C)(C)C1CCC1. The van der Waals surface area contributed by atoms with Crippen LogP contribution in [0, 0.1) is 17.3 Å². The first-order valence-electron chi connectivity index (χ1n) is 13.0. The molecule has 1 saturated heterocycles. The molecule has 0 aromatic carbocycles. The van der Waals surface area contributed by atoms with Gasteiger partial charge in [0.05, 0.1) is 12.6 Å². The number of rotatable bonds is 9. The molecule has 2 amide bonds. The molecular formula is C25H44N4O3S. The van der Waals surface area contributed by atoms with Gasteiger partial charge in [-0.25, -0.2) is 4.79 Å². The summed E-state index contributed by atoms with van der Waals surface area (Å²) in [5.74, 6) is 1.06. The summed E-state index contributed by atoms with van der Waals surface area (Å²) in [5, 5.41) is 6.27. The number of nitrogens with one attached hydrogen (secondary N) is 2. The number of thiocarbonyl (C=S) groups is 1. The molecule has 1 heterocycles. The van der Waals surface area contributed by atoms with Crippen molar-refractivity contribution in [3.8, 4) is 0 Å². The summed E-state index contributed by atoms with van der Waals surface area (Å²) < 4.78 is 5.33. The van der Waals surface area contributed by atoms with Crippen LogP contribution in [-0.2, 0) is 9.53 Å². The van der Waals surface area contributed by atoms with Gasteiger partial charge < -0.3 is 26.0 Å². The summed E-state index contributed by atoms with van der Waals surface area (Å²) in [7, 11) is 0. The van der Waals surface area contributed by atoms with Crippen LogP contribution >= 0.6 is 12.2 Å². The lowest BCUT2D eigenvalue weighted by molar-refractivity contribution is -0.124. The lowest BCUT2D eigenvalue weighted by Crippen LogP contribution is -2.60. The monoisotopic (exact) mass is 480 g/mol. The van der Waals surface area contributed by atoms with Crippen LogP contribution in [0.1, 0.15) is 85.0 Å². The fourth-order valence-electron chi connectivity index (χ4n) is 5.53. The molecule has 7 nitrogen and oxygen atoms in total. The molecule has 0 radical (unpaired) electrons. The molecule has 2 saturated carbocycles. The summed E-state index contributed by atoms with van der Waals surface area (Å²) in [5.41, 5.74) is 5.81. The molecule has 0 aromatic rings. The predicted octanol–water partition coefficient (Wildman–Crippen LogP) is 3.74. The molecule has 188 valence electrons. The van der Waals surface area contributed by atoms with Crippen molar-refractivity contribution in [1.29, 1.82) is 0 Å². The number of alkyl carbamates (subject to hydrolysis) is 1. The van der Waals surface area contributed by atoms with E-state index in [0.29, 0.717) is 36.0 Å². The van der Waals surface area contributed by atoms with Crippen molar-refractivity contribution >= 4 is 29.2 Å². The molecule has 3 fully saturated rings. The highest BCUT2D eigenvalue weighted by molar-refractivity contribution is 7.80. The molecule has 2 atom stereocenters. The summed E-state index contributed by atoms with van der Waals surface area (Å²) in [6.07, 6.45) is 9.81. The van der Waals surface area contributed by atoms with Gasteiger partial charge >= 0.3 is 6.09 Å². The zero-order valence-electron chi connectivity index (χ0n) is 20.7. The first-order chi connectivity index (χ1) is 15.7. The molecule has 0 aromatic heterocycles. The summed E-state index contributed by atoms with van der Waals surface area (Å²) in [4.78, 5) is 28.4. The van der Waals surface area contributed by atoms with Gasteiger partial charge in [-0.05, 0) is 75.0 Å². The van der Waals surface area contributed by atoms with E-state index >= 15 is 0 Å². The Morgan fingerprint density at radius 3 is 2.42 bits per heavy atom. The topological polar surface area (TPSA) is 96.7 Å². The van der Waals surface area contributed by atoms with Crippen molar-refractivity contribution in [3.05, 3.63) is 0 Å². The van der Waals surface area contributed by atoms with Gasteiger partial charge in [-0.1, -0.05) is 39.4 Å². The lowest BCUT2D eigenvalue weighted by atomic mass is 9.63. The van der Waals surface area contributed by atoms with Gasteiger partial charge in [0.2, 0.25) is 5.91 Å². The van der Waals surface area contributed by atoms with Crippen LogP contribution in [0.4, 0.5) is 4.79 Å². The van der Waals surface area contributed by atoms with E-state index in [2.05, 4.69) is 29.4 Å². The number of likely N-dealkylation sites (tertiary alicyclic amines) is 1. The number of ether oxygens (including phenoxy) is 1. The molecule has 0 bridgehead atoms. The molecule has 4 N–H and O–H groups in total. The van der Waals surface area contributed by atoms with E-state index in [-0.39, 0.29) is 23.4 Å². The van der Waals surface area contributed by atoms with E-state index in [4.69, 9.17) is 22.7 Å². The number of hydrogen-bond acceptors (Lipinski definition) is 5. The van der Waals surface area contributed by atoms with Crippen molar-refractivity contribution in [1.82, 2.24) is 15.5 Å². The van der Waals surface area contributed by atoms with Crippen LogP contribution in [0.2, 0.25) is 0 Å². The van der Waals surface area contributed by atoms with Gasteiger partial charge in [-0.2, -0.15) is 0 Å². The Morgan fingerprint density at radius 1 is 1.12 bits per heavy atom. The second kappa shape index (κ2) is 11.8. The minimum absolute atomic E-state index is 0.0541. The summed E-state index contributed by atoms with van der Waals surface area (Å²) >= 11 is 5.99. The Labute approximate surface area is 204 Å². The second-order valence-electron chi connectivity index (χ2n) is 10.9. The highest BCUT2D eigenvalue weighted by atomic mass is 32.1. The number of nitrogens with zero attached hydrogens (tertiary/aromatic N) is 1. The molecule has 33 heavy (non-hydrogen) atoms. The Hall–Kier alpha value is -1.41. The third-order valence-electron chi connectivity index (χ3n) is 8.14. The van der Waals surface area contributed by atoms with Crippen molar-refractivity contribution in [2.24, 2.45) is 23.0 Å². The largest absolute Gasteiger partial charge is 0.450 e. The van der Waals surface area contributed by atoms with Gasteiger partial charge in [0, 0.05) is 19.1 Å². The fraction of sp³-hybridized carbons (Fsp3) is 0.880. The maximum Gasteiger partial charge on any atom is 0.407 e. The number of carbonyl (C=O) groups excluding carboxylic acids is 2. The van der Waals surface area contributed by atoms with Crippen LogP contribution in [0.5, 0.6) is 0 Å². The van der Waals surface area contributed by atoms with Gasteiger partial charge in [0.15, 0.2) is 0 Å². The molecular weight excluding hydrogens is 436 g/mol. The van der Waals surface area contributed by atoms with E-state index in [1.165, 1.54) is 6.42 Å². The summed E-state index contributed by atoms with van der Waals surface area (Å²) in [6.45, 7) is 8.19. The maximum absolute atomic E-state index is 13.2. The molecule has 0 unspecified atom stereocenters. The van der Waals surface area contributed by atoms with Crippen molar-refractivity contribution in [3.63, 3.8) is 0 Å². The molecule has 1 aliphatic heterocycles. The third kappa shape index (κ3) is 6.59. The third-order valence-corrected chi connectivity index (χ3v) is 8.61. The maximum atomic E-state index is 13.2. The van der Waals surface area contributed by atoms with E-state index in [1.54, 1.807) is 0 Å². The van der Waals surface area contributed by atoms with Crippen molar-refractivity contribution in [2.75, 3.05) is 19.7 Å². The van der Waals surface area contributed by atoms with E-state index in [9.17, 15) is 9.59 Å². The molecule has 0 spiro atoms. The average molecular weight is 481 g/mol. The Kier molecular flexibility index (Phi) is 9.39. The highest BCUT2D eigenvalue weighted by Crippen LogP contribution is 2.45. The predicted molar refractivity (Wildman–Crippen MR) is 135 cm³/mol. The second-order valence-corrected chi connectivity index (χ2v) is 11.3. The average Bonchev–Trinajstić information content (AvgIpc) is 3.23. The van der Waals surface area contributed by atoms with Gasteiger partial charge in [-0.3, -0.25) is 4.79 Å². The molecule has 3 rings (SSSR count). The summed E-state index contributed by atoms with van der Waals surface area (Å²) in [6, 6.07) is -0.293. The standard InChI is InChI=1S/C25H44N4O3S/c1-4-15-32-24(31)28-21(25(2,3)18-7-5-8-18)23(33)29-14-6-9-20(29)22(30)27-16-17-10-12-19(26)13-11-17/h17-21H,4-16,26H2,1-3H3,(H,27,30)(H,28,31)/t17?,19?,20-,21+/m0/s1. The van der Waals surface area contributed by atoms with Crippen LogP contribution in [0.25, 0.3) is 0 Å². The van der Waals surface area contributed by atoms with E-state index in [0.717, 1.165) is 64.3 Å². The van der Waals surface area contributed by atoms with Crippen molar-refractivity contribution < 1.29 is 14.3 Å². The normalized spacial score (nSPS) is 26.9. The quantitative estimate of drug-likeness (QED) is 0.435. The van der Waals surface area contributed by atoms with E-state index in [1.807, 2.05) is 6.92 Å². The zero-order valence-corrected chi connectivity index (χ0v) is 21.6. The lowest BCUT2D eigenvalue weighted by Gasteiger charge is -2.47. The van der Waals surface area contributed by atoms with Crippen LogP contribution in [0.3, 0.4) is 0 Å². The number of carbonyl (C=O) groups is 2. The minimum atomic E-state index is -0.424. The van der Waals surface area contributed by atoms with Gasteiger partial charge in [0.1, 0.15) is 11.0 Å². The first kappa shape index (κ1) is 26.2. The Bertz CT molecular complexity index is 689. The zero-order chi connectivity index (χ0) is 24.0. The van der Waals surface area contributed by atoms with Crippen molar-refractivity contribution in [2.45, 2.75) is 103 Å². The van der Waals surface area contributed by atoms with Crippen LogP contribution in [-0.4, -0.2) is 59.7 Å². The van der Waals surface area contributed by atoms with Gasteiger partial charge in [-0.15, -0.1) is 0 Å².